The molecule has 0 atom stereocenters. The molecule has 1 aliphatic rings. The van der Waals surface area contributed by atoms with Crippen LogP contribution in [0, 0.1) is 6.92 Å². The van der Waals surface area contributed by atoms with E-state index in [1.807, 2.05) is 12.3 Å². The Morgan fingerprint density at radius 2 is 2.00 bits per heavy atom. The van der Waals surface area contributed by atoms with Gasteiger partial charge in [0.2, 0.25) is 15.9 Å². The number of piperazine rings is 1. The Labute approximate surface area is 156 Å². The third kappa shape index (κ3) is 4.20. The zero-order chi connectivity index (χ0) is 18.0. The van der Waals surface area contributed by atoms with Gasteiger partial charge in [0.1, 0.15) is 0 Å². The Bertz CT molecular complexity index is 874. The van der Waals surface area contributed by atoms with Crippen LogP contribution >= 0.6 is 22.9 Å². The molecule has 3 rings (SSSR count). The summed E-state index contributed by atoms with van der Waals surface area (Å²) in [4.78, 5) is 18.5. The first-order valence-electron chi connectivity index (χ1n) is 7.81. The number of carbonyl (C=O) groups excluding carboxylic acids is 1. The summed E-state index contributed by atoms with van der Waals surface area (Å²) in [6.45, 7) is 3.20. The molecule has 0 unspecified atom stereocenters. The van der Waals surface area contributed by atoms with Crippen LogP contribution in [0.15, 0.2) is 34.5 Å². The highest BCUT2D eigenvalue weighted by molar-refractivity contribution is 7.89. The monoisotopic (exact) mass is 399 g/mol. The first kappa shape index (κ1) is 18.3. The fraction of sp³-hybridized carbons (Fsp3) is 0.375. The lowest BCUT2D eigenvalue weighted by Gasteiger charge is -2.34. The van der Waals surface area contributed by atoms with E-state index in [4.69, 9.17) is 11.6 Å². The van der Waals surface area contributed by atoms with E-state index in [2.05, 4.69) is 4.98 Å². The molecule has 0 saturated carbocycles. The molecule has 2 aromatic rings. The zero-order valence-electron chi connectivity index (χ0n) is 13.7. The summed E-state index contributed by atoms with van der Waals surface area (Å²) < 4.78 is 26.7. The highest BCUT2D eigenvalue weighted by atomic mass is 35.5. The van der Waals surface area contributed by atoms with Crippen LogP contribution in [0.4, 0.5) is 0 Å². The number of thiazole rings is 1. The Morgan fingerprint density at radius 1 is 1.28 bits per heavy atom. The van der Waals surface area contributed by atoms with E-state index >= 15 is 0 Å². The molecule has 134 valence electrons. The maximum absolute atomic E-state index is 12.7. The summed E-state index contributed by atoms with van der Waals surface area (Å²) in [6.07, 6.45) is 0.255. The van der Waals surface area contributed by atoms with E-state index in [-0.39, 0.29) is 30.3 Å². The van der Waals surface area contributed by atoms with Crippen molar-refractivity contribution in [2.75, 3.05) is 26.2 Å². The number of hydrogen-bond acceptors (Lipinski definition) is 5. The Kier molecular flexibility index (Phi) is 5.43. The summed E-state index contributed by atoms with van der Waals surface area (Å²) in [5, 5.41) is 3.20. The molecule has 1 saturated heterocycles. The van der Waals surface area contributed by atoms with Crippen LogP contribution in [0.25, 0.3) is 0 Å². The second-order valence-electron chi connectivity index (χ2n) is 5.78. The van der Waals surface area contributed by atoms with Gasteiger partial charge >= 0.3 is 0 Å². The van der Waals surface area contributed by atoms with Gasteiger partial charge in [0, 0.05) is 36.6 Å². The molecule has 0 bridgehead atoms. The van der Waals surface area contributed by atoms with Crippen molar-refractivity contribution in [1.29, 1.82) is 0 Å². The van der Waals surface area contributed by atoms with Crippen molar-refractivity contribution in [3.8, 4) is 0 Å². The number of aryl methyl sites for hydroxylation is 1. The summed E-state index contributed by atoms with van der Waals surface area (Å²) in [6, 6.07) is 6.23. The van der Waals surface area contributed by atoms with Crippen molar-refractivity contribution < 1.29 is 13.2 Å². The van der Waals surface area contributed by atoms with Gasteiger partial charge in [-0.15, -0.1) is 11.3 Å². The number of benzene rings is 1. The number of nitrogens with zero attached hydrogens (tertiary/aromatic N) is 3. The van der Waals surface area contributed by atoms with Gasteiger partial charge in [0.15, 0.2) is 0 Å². The highest BCUT2D eigenvalue weighted by Gasteiger charge is 2.30. The fourth-order valence-electron chi connectivity index (χ4n) is 2.71. The molecule has 1 aliphatic heterocycles. The number of carbonyl (C=O) groups is 1. The first-order chi connectivity index (χ1) is 11.9. The van der Waals surface area contributed by atoms with Crippen LogP contribution in [0.2, 0.25) is 5.02 Å². The van der Waals surface area contributed by atoms with Crippen molar-refractivity contribution in [3.63, 3.8) is 0 Å². The van der Waals surface area contributed by atoms with E-state index in [9.17, 15) is 13.2 Å². The largest absolute Gasteiger partial charge is 0.340 e. The third-order valence-corrected chi connectivity index (χ3v) is 6.98. The fourth-order valence-corrected chi connectivity index (χ4v) is 5.05. The number of hydrogen-bond donors (Lipinski definition) is 0. The van der Waals surface area contributed by atoms with E-state index in [0.29, 0.717) is 18.1 Å². The predicted molar refractivity (Wildman–Crippen MR) is 97.3 cm³/mol. The standard InChI is InChI=1S/C16H18ClN3O3S2/c1-12-18-14(11-24-12)10-16(21)19-5-7-20(8-6-19)25(22,23)15-4-2-3-13(17)9-15/h2-4,9,11H,5-8,10H2,1H3. The molecule has 1 amide bonds. The molecule has 0 aliphatic carbocycles. The minimum atomic E-state index is -3.59. The quantitative estimate of drug-likeness (QED) is 0.790. The van der Waals surface area contributed by atoms with E-state index in [1.54, 1.807) is 17.0 Å². The van der Waals surface area contributed by atoms with E-state index in [1.165, 1.54) is 27.8 Å². The van der Waals surface area contributed by atoms with Crippen LogP contribution < -0.4 is 0 Å². The lowest BCUT2D eigenvalue weighted by Crippen LogP contribution is -2.50. The van der Waals surface area contributed by atoms with Gasteiger partial charge in [-0.05, 0) is 25.1 Å². The maximum Gasteiger partial charge on any atom is 0.243 e. The molecule has 0 N–H and O–H groups in total. The molecule has 0 spiro atoms. The van der Waals surface area contributed by atoms with Crippen molar-refractivity contribution in [1.82, 2.24) is 14.2 Å². The molecule has 0 radical (unpaired) electrons. The predicted octanol–water partition coefficient (Wildman–Crippen LogP) is 2.18. The average Bonchev–Trinajstić information content (AvgIpc) is 3.00. The normalized spacial score (nSPS) is 16.2. The van der Waals surface area contributed by atoms with Gasteiger partial charge in [-0.1, -0.05) is 17.7 Å². The van der Waals surface area contributed by atoms with Crippen LogP contribution in [-0.2, 0) is 21.2 Å². The van der Waals surface area contributed by atoms with Crippen molar-refractivity contribution in [2.24, 2.45) is 0 Å². The Balaban J connectivity index is 1.62. The van der Waals surface area contributed by atoms with Crippen molar-refractivity contribution >= 4 is 38.9 Å². The van der Waals surface area contributed by atoms with Gasteiger partial charge in [0.25, 0.3) is 0 Å². The molecular weight excluding hydrogens is 382 g/mol. The minimum Gasteiger partial charge on any atom is -0.340 e. The van der Waals surface area contributed by atoms with Gasteiger partial charge in [-0.3, -0.25) is 4.79 Å². The maximum atomic E-state index is 12.7. The Hall–Kier alpha value is -1.48. The molecule has 2 heterocycles. The molecule has 1 aromatic heterocycles. The SMILES string of the molecule is Cc1nc(CC(=O)N2CCN(S(=O)(=O)c3cccc(Cl)c3)CC2)cs1. The first-order valence-corrected chi connectivity index (χ1v) is 10.5. The van der Waals surface area contributed by atoms with Crippen LogP contribution in [0.3, 0.4) is 0 Å². The third-order valence-electron chi connectivity index (χ3n) is 4.02. The van der Waals surface area contributed by atoms with Gasteiger partial charge < -0.3 is 4.90 Å². The van der Waals surface area contributed by atoms with Gasteiger partial charge in [0.05, 0.1) is 22.0 Å². The summed E-state index contributed by atoms with van der Waals surface area (Å²) in [5.74, 6) is -0.0231. The van der Waals surface area contributed by atoms with Crippen LogP contribution in [0.5, 0.6) is 0 Å². The van der Waals surface area contributed by atoms with E-state index in [0.717, 1.165) is 10.7 Å². The molecular formula is C16H18ClN3O3S2. The van der Waals surface area contributed by atoms with Crippen LogP contribution in [0.1, 0.15) is 10.7 Å². The van der Waals surface area contributed by atoms with Gasteiger partial charge in [-0.2, -0.15) is 4.31 Å². The smallest absolute Gasteiger partial charge is 0.243 e. The van der Waals surface area contributed by atoms with Crippen molar-refractivity contribution in [2.45, 2.75) is 18.2 Å². The summed E-state index contributed by atoms with van der Waals surface area (Å²) >= 11 is 7.41. The molecule has 6 nitrogen and oxygen atoms in total. The van der Waals surface area contributed by atoms with Crippen molar-refractivity contribution in [3.05, 3.63) is 45.4 Å². The number of rotatable bonds is 4. The number of sulfonamides is 1. The Morgan fingerprint density at radius 3 is 2.60 bits per heavy atom. The lowest BCUT2D eigenvalue weighted by molar-refractivity contribution is -0.131. The van der Waals surface area contributed by atoms with E-state index < -0.39 is 10.0 Å². The van der Waals surface area contributed by atoms with Gasteiger partial charge in [-0.25, -0.2) is 13.4 Å². The molecule has 1 fully saturated rings. The summed E-state index contributed by atoms with van der Waals surface area (Å²) in [5.41, 5.74) is 0.765. The number of halogens is 1. The lowest BCUT2D eigenvalue weighted by atomic mass is 10.2. The second kappa shape index (κ2) is 7.41. The molecule has 1 aromatic carbocycles. The average molecular weight is 400 g/mol. The molecule has 9 heteroatoms. The topological polar surface area (TPSA) is 70.6 Å². The summed E-state index contributed by atoms with van der Waals surface area (Å²) in [7, 11) is -3.59. The zero-order valence-corrected chi connectivity index (χ0v) is 16.1. The highest BCUT2D eigenvalue weighted by Crippen LogP contribution is 2.21. The van der Waals surface area contributed by atoms with Crippen LogP contribution in [-0.4, -0.2) is 54.7 Å². The minimum absolute atomic E-state index is 0.0231. The molecule has 25 heavy (non-hydrogen) atoms. The number of aromatic nitrogens is 1. The second-order valence-corrected chi connectivity index (χ2v) is 9.21. The number of amides is 1.